The van der Waals surface area contributed by atoms with Gasteiger partial charge in [-0.1, -0.05) is 0 Å². The summed E-state index contributed by atoms with van der Waals surface area (Å²) >= 11 is 0. The van der Waals surface area contributed by atoms with Crippen LogP contribution in [-0.4, -0.2) is 42.4 Å². The number of carbonyl (C=O) groups is 2. The zero-order valence-corrected chi connectivity index (χ0v) is 17.7. The molecule has 0 aliphatic carbocycles. The molecule has 0 aromatic heterocycles. The van der Waals surface area contributed by atoms with E-state index in [1.807, 2.05) is 42.3 Å². The lowest BCUT2D eigenvalue weighted by Crippen LogP contribution is -2.23. The van der Waals surface area contributed by atoms with Crippen molar-refractivity contribution in [1.82, 2.24) is 0 Å². The smallest absolute Gasteiger partial charge is 0.335 e. The Morgan fingerprint density at radius 3 is 1.91 bits per heavy atom. The van der Waals surface area contributed by atoms with E-state index in [0.717, 1.165) is 11.8 Å². The summed E-state index contributed by atoms with van der Waals surface area (Å²) in [5.74, 6) is -2.27. The monoisotopic (exact) mass is 444 g/mol. The van der Waals surface area contributed by atoms with Gasteiger partial charge in [0.25, 0.3) is 0 Å². The number of aromatic carboxylic acids is 2. The summed E-state index contributed by atoms with van der Waals surface area (Å²) in [5.41, 5.74) is 2.47. The van der Waals surface area contributed by atoms with Gasteiger partial charge in [0.05, 0.1) is 40.7 Å². The number of anilines is 1. The third-order valence-electron chi connectivity index (χ3n) is 4.66. The van der Waals surface area contributed by atoms with Gasteiger partial charge < -0.3 is 19.8 Å². The Kier molecular flexibility index (Phi) is 7.34. The van der Waals surface area contributed by atoms with Gasteiger partial charge in [0.1, 0.15) is 12.4 Å². The Bertz CT molecular complexity index is 1180. The minimum atomic E-state index is -1.23. The van der Waals surface area contributed by atoms with Crippen LogP contribution in [0.5, 0.6) is 5.75 Å². The van der Waals surface area contributed by atoms with Crippen LogP contribution in [0.3, 0.4) is 0 Å². The first-order valence-electron chi connectivity index (χ1n) is 9.83. The summed E-state index contributed by atoms with van der Waals surface area (Å²) < 4.78 is 5.59. The molecular formula is C24H20N4O5. The molecule has 0 unspecified atom stereocenters. The van der Waals surface area contributed by atoms with Gasteiger partial charge in [0.2, 0.25) is 0 Å². The van der Waals surface area contributed by atoms with Crippen molar-refractivity contribution >= 4 is 29.0 Å². The van der Waals surface area contributed by atoms with Gasteiger partial charge in [-0.15, -0.1) is 0 Å². The number of nitriles is 1. The third kappa shape index (κ3) is 6.38. The number of likely N-dealkylation sites (N-methyl/N-ethyl adjacent to an activating group) is 1. The van der Waals surface area contributed by atoms with Crippen molar-refractivity contribution in [2.24, 2.45) is 10.2 Å². The first kappa shape index (κ1) is 23.0. The second-order valence-corrected chi connectivity index (χ2v) is 7.00. The van der Waals surface area contributed by atoms with Crippen molar-refractivity contribution in [3.63, 3.8) is 0 Å². The van der Waals surface area contributed by atoms with Crippen LogP contribution in [0, 0.1) is 11.3 Å². The van der Waals surface area contributed by atoms with Crippen LogP contribution in [0.2, 0.25) is 0 Å². The summed E-state index contributed by atoms with van der Waals surface area (Å²) in [7, 11) is 1.87. The van der Waals surface area contributed by atoms with E-state index in [-0.39, 0.29) is 23.5 Å². The maximum Gasteiger partial charge on any atom is 0.335 e. The van der Waals surface area contributed by atoms with Crippen LogP contribution in [-0.2, 0) is 0 Å². The molecule has 0 heterocycles. The number of rotatable bonds is 9. The van der Waals surface area contributed by atoms with Gasteiger partial charge in [-0.3, -0.25) is 0 Å². The third-order valence-corrected chi connectivity index (χ3v) is 4.66. The molecule has 0 amide bonds. The van der Waals surface area contributed by atoms with E-state index in [1.54, 1.807) is 24.3 Å². The number of nitrogens with zero attached hydrogens (tertiary/aromatic N) is 4. The number of carboxylic acids is 2. The van der Waals surface area contributed by atoms with Crippen molar-refractivity contribution in [2.45, 2.75) is 0 Å². The Morgan fingerprint density at radius 2 is 1.42 bits per heavy atom. The quantitative estimate of drug-likeness (QED) is 0.449. The van der Waals surface area contributed by atoms with Gasteiger partial charge >= 0.3 is 11.9 Å². The van der Waals surface area contributed by atoms with Crippen LogP contribution >= 0.6 is 0 Å². The number of benzene rings is 3. The lowest BCUT2D eigenvalue weighted by atomic mass is 10.1. The molecule has 0 aliphatic rings. The van der Waals surface area contributed by atoms with Crippen molar-refractivity contribution in [3.05, 3.63) is 83.4 Å². The second kappa shape index (κ2) is 10.5. The molecule has 9 heteroatoms. The molecule has 0 saturated carbocycles. The summed E-state index contributed by atoms with van der Waals surface area (Å²) in [6, 6.07) is 19.9. The average Bonchev–Trinajstić information content (AvgIpc) is 2.83. The highest BCUT2D eigenvalue weighted by Crippen LogP contribution is 2.22. The second-order valence-electron chi connectivity index (χ2n) is 7.00. The molecule has 0 saturated heterocycles. The zero-order chi connectivity index (χ0) is 23.8. The molecule has 0 radical (unpaired) electrons. The molecule has 0 fully saturated rings. The molecule has 0 aliphatic heterocycles. The van der Waals surface area contributed by atoms with Gasteiger partial charge in [0, 0.05) is 12.7 Å². The first-order valence-corrected chi connectivity index (χ1v) is 9.83. The number of ether oxygens (including phenoxy) is 1. The van der Waals surface area contributed by atoms with E-state index in [1.165, 1.54) is 12.1 Å². The fourth-order valence-electron chi connectivity index (χ4n) is 2.85. The summed E-state index contributed by atoms with van der Waals surface area (Å²) in [6.07, 6.45) is 0. The lowest BCUT2D eigenvalue weighted by Gasteiger charge is -2.19. The Hall–Kier alpha value is -4.71. The predicted octanol–water partition coefficient (Wildman–Crippen LogP) is 4.89. The molecule has 0 atom stereocenters. The highest BCUT2D eigenvalue weighted by atomic mass is 16.5. The lowest BCUT2D eigenvalue weighted by molar-refractivity contribution is 0.0696. The minimum absolute atomic E-state index is 0.149. The summed E-state index contributed by atoms with van der Waals surface area (Å²) in [6.45, 7) is 0.699. The molecule has 3 aromatic rings. The van der Waals surface area contributed by atoms with E-state index >= 15 is 0 Å². The zero-order valence-electron chi connectivity index (χ0n) is 17.7. The maximum absolute atomic E-state index is 11.2. The van der Waals surface area contributed by atoms with Gasteiger partial charge in [-0.25, -0.2) is 9.59 Å². The topological polar surface area (TPSA) is 136 Å². The van der Waals surface area contributed by atoms with Crippen molar-refractivity contribution in [3.8, 4) is 11.8 Å². The molecule has 2 N–H and O–H groups in total. The number of hydrogen-bond donors (Lipinski definition) is 2. The van der Waals surface area contributed by atoms with Crippen LogP contribution in [0.15, 0.2) is 77.0 Å². The molecule has 3 aromatic carbocycles. The average molecular weight is 444 g/mol. The van der Waals surface area contributed by atoms with Crippen LogP contribution < -0.4 is 9.64 Å². The Balaban J connectivity index is 1.57. The van der Waals surface area contributed by atoms with Gasteiger partial charge in [-0.05, 0) is 66.7 Å². The van der Waals surface area contributed by atoms with Crippen molar-refractivity contribution in [1.29, 1.82) is 5.26 Å². The fourth-order valence-corrected chi connectivity index (χ4v) is 2.85. The number of carboxylic acid groups (broad SMARTS) is 2. The maximum atomic E-state index is 11.2. The Morgan fingerprint density at radius 1 is 0.909 bits per heavy atom. The molecule has 9 nitrogen and oxygen atoms in total. The molecule has 33 heavy (non-hydrogen) atoms. The van der Waals surface area contributed by atoms with Crippen molar-refractivity contribution in [2.75, 3.05) is 25.1 Å². The van der Waals surface area contributed by atoms with Crippen LogP contribution in [0.25, 0.3) is 0 Å². The number of azo groups is 1. The van der Waals surface area contributed by atoms with Crippen LogP contribution in [0.1, 0.15) is 26.3 Å². The van der Waals surface area contributed by atoms with Crippen LogP contribution in [0.4, 0.5) is 17.1 Å². The molecular weight excluding hydrogens is 424 g/mol. The molecule has 3 rings (SSSR count). The van der Waals surface area contributed by atoms with Gasteiger partial charge in [-0.2, -0.15) is 15.5 Å². The van der Waals surface area contributed by atoms with E-state index in [9.17, 15) is 9.59 Å². The standard InChI is InChI=1S/C24H20N4O5/c1-28(10-11-33-22-13-17(23(29)30)12-18(14-22)24(31)32)21-8-6-20(7-9-21)27-26-19-4-2-16(15-25)3-5-19/h2-9,12-14H,10-11H2,1H3,(H,29,30)(H,31,32). The highest BCUT2D eigenvalue weighted by Gasteiger charge is 2.12. The normalized spacial score (nSPS) is 10.5. The van der Waals surface area contributed by atoms with E-state index in [0.29, 0.717) is 23.5 Å². The van der Waals surface area contributed by atoms with E-state index in [2.05, 4.69) is 10.2 Å². The fraction of sp³-hybridized carbons (Fsp3) is 0.125. The minimum Gasteiger partial charge on any atom is -0.492 e. The summed E-state index contributed by atoms with van der Waals surface area (Å²) in [4.78, 5) is 24.3. The Labute approximate surface area is 189 Å². The highest BCUT2D eigenvalue weighted by molar-refractivity contribution is 5.94. The van der Waals surface area contributed by atoms with Gasteiger partial charge in [0.15, 0.2) is 0 Å². The SMILES string of the molecule is CN(CCOc1cc(C(=O)O)cc(C(=O)O)c1)c1ccc(N=Nc2ccc(C#N)cc2)cc1. The molecule has 0 bridgehead atoms. The first-order chi connectivity index (χ1) is 15.9. The largest absolute Gasteiger partial charge is 0.492 e. The molecule has 0 spiro atoms. The molecule has 166 valence electrons. The summed E-state index contributed by atoms with van der Waals surface area (Å²) in [5, 5.41) is 35.4. The predicted molar refractivity (Wildman–Crippen MR) is 121 cm³/mol. The van der Waals surface area contributed by atoms with E-state index < -0.39 is 11.9 Å². The number of hydrogen-bond acceptors (Lipinski definition) is 7. The van der Waals surface area contributed by atoms with E-state index in [4.69, 9.17) is 20.2 Å². The van der Waals surface area contributed by atoms with Crippen molar-refractivity contribution < 1.29 is 24.5 Å².